The van der Waals surface area contributed by atoms with Crippen molar-refractivity contribution in [1.82, 2.24) is 5.32 Å². The van der Waals surface area contributed by atoms with Crippen molar-refractivity contribution in [3.63, 3.8) is 0 Å². The first-order valence-electron chi connectivity index (χ1n) is 24.1. The zero-order valence-corrected chi connectivity index (χ0v) is 38.8. The molecule has 0 fully saturated rings. The van der Waals surface area contributed by atoms with E-state index in [1.54, 1.807) is 6.08 Å². The molecule has 3 atom stereocenters. The number of amides is 1. The number of likely N-dealkylation sites (N-methyl/N-ethyl adjacent to an activating group) is 1. The monoisotopic (exact) mass is 816 g/mol. The molecule has 9 heteroatoms. The summed E-state index contributed by atoms with van der Waals surface area (Å²) in [5.74, 6) is -0.173. The van der Waals surface area contributed by atoms with Gasteiger partial charge in [0.1, 0.15) is 13.2 Å². The Morgan fingerprint density at radius 1 is 0.589 bits per heavy atom. The predicted molar refractivity (Wildman–Crippen MR) is 240 cm³/mol. The molecule has 334 valence electrons. The average Bonchev–Trinajstić information content (AvgIpc) is 3.15. The zero-order chi connectivity index (χ0) is 41.4. The highest BCUT2D eigenvalue weighted by molar-refractivity contribution is 7.47. The van der Waals surface area contributed by atoms with Crippen LogP contribution >= 0.6 is 7.82 Å². The van der Waals surface area contributed by atoms with Gasteiger partial charge in [0.25, 0.3) is 0 Å². The van der Waals surface area contributed by atoms with E-state index in [1.165, 1.54) is 180 Å². The van der Waals surface area contributed by atoms with Gasteiger partial charge >= 0.3 is 7.82 Å². The fourth-order valence-corrected chi connectivity index (χ4v) is 7.90. The quantitative estimate of drug-likeness (QED) is 0.0245. The summed E-state index contributed by atoms with van der Waals surface area (Å²) in [6, 6.07) is -0.840. The number of unbranched alkanes of at least 4 members (excludes halogenated alkanes) is 31. The van der Waals surface area contributed by atoms with E-state index >= 15 is 0 Å². The first-order valence-corrected chi connectivity index (χ1v) is 25.6. The van der Waals surface area contributed by atoms with E-state index in [0.29, 0.717) is 17.4 Å². The van der Waals surface area contributed by atoms with Crippen molar-refractivity contribution in [2.75, 3.05) is 40.9 Å². The summed E-state index contributed by atoms with van der Waals surface area (Å²) in [5, 5.41) is 13.9. The van der Waals surface area contributed by atoms with Crippen molar-refractivity contribution in [3.8, 4) is 0 Å². The SMILES string of the molecule is CCCCCCCCCCCCCCCC/C=C/C(O)C(COP(=O)(O)OCC[N+](C)(C)C)NC(=O)CCCCCCCCCCCCCCCCCCCC. The summed E-state index contributed by atoms with van der Waals surface area (Å²) >= 11 is 0. The number of hydrogen-bond donors (Lipinski definition) is 3. The second-order valence-corrected chi connectivity index (χ2v) is 19.3. The van der Waals surface area contributed by atoms with Crippen LogP contribution in [-0.2, 0) is 18.4 Å². The number of phosphoric acid groups is 1. The molecule has 3 N–H and O–H groups in total. The molecule has 0 saturated carbocycles. The minimum absolute atomic E-state index is 0.0648. The molecule has 3 unspecified atom stereocenters. The van der Waals surface area contributed by atoms with Crippen LogP contribution in [0.1, 0.15) is 232 Å². The zero-order valence-electron chi connectivity index (χ0n) is 37.9. The molecular formula is C47H96N2O6P+. The van der Waals surface area contributed by atoms with E-state index in [-0.39, 0.29) is 19.1 Å². The number of carbonyl (C=O) groups is 1. The van der Waals surface area contributed by atoms with E-state index in [4.69, 9.17) is 9.05 Å². The molecule has 0 rings (SSSR count). The molecule has 0 aromatic carbocycles. The molecule has 0 aliphatic rings. The molecule has 8 nitrogen and oxygen atoms in total. The number of nitrogens with one attached hydrogen (secondary N) is 1. The summed E-state index contributed by atoms with van der Waals surface area (Å²) in [7, 11) is 1.58. The maximum atomic E-state index is 12.9. The van der Waals surface area contributed by atoms with Gasteiger partial charge in [-0.2, -0.15) is 0 Å². The number of allylic oxidation sites excluding steroid dienone is 1. The summed E-state index contributed by atoms with van der Waals surface area (Å²) in [4.78, 5) is 23.2. The molecule has 0 saturated heterocycles. The summed E-state index contributed by atoms with van der Waals surface area (Å²) in [6.07, 6.45) is 45.6. The van der Waals surface area contributed by atoms with E-state index < -0.39 is 20.0 Å². The van der Waals surface area contributed by atoms with Crippen LogP contribution in [0.25, 0.3) is 0 Å². The van der Waals surface area contributed by atoms with Gasteiger partial charge in [-0.25, -0.2) is 4.57 Å². The highest BCUT2D eigenvalue weighted by Gasteiger charge is 2.27. The third-order valence-electron chi connectivity index (χ3n) is 11.0. The van der Waals surface area contributed by atoms with Gasteiger partial charge in [0.2, 0.25) is 5.91 Å². The Kier molecular flexibility index (Phi) is 39.1. The number of phosphoric ester groups is 1. The minimum atomic E-state index is -4.33. The smallest absolute Gasteiger partial charge is 0.387 e. The molecule has 0 bridgehead atoms. The molecule has 0 aliphatic heterocycles. The molecule has 0 aromatic rings. The number of carbonyl (C=O) groups excluding carboxylic acids is 1. The number of aliphatic hydroxyl groups excluding tert-OH is 1. The predicted octanol–water partition coefficient (Wildman–Crippen LogP) is 13.5. The standard InChI is InChI=1S/C47H95N2O6P/c1-6-8-10-12-14-16-18-20-22-24-25-27-29-31-33-35-37-39-41-47(51)48-45(44-55-56(52,53)54-43-42-49(3,4)5)46(50)40-38-36-34-32-30-28-26-23-21-19-17-15-13-11-9-7-2/h38,40,45-46,50H,6-37,39,41-44H2,1-5H3,(H-,48,51,52,53)/p+1/b40-38+. The van der Waals surface area contributed by atoms with E-state index in [2.05, 4.69) is 19.2 Å². The normalized spacial score (nSPS) is 14.3. The van der Waals surface area contributed by atoms with Gasteiger partial charge in [-0.05, 0) is 19.3 Å². The maximum Gasteiger partial charge on any atom is 0.472 e. The fourth-order valence-electron chi connectivity index (χ4n) is 7.16. The first-order chi connectivity index (χ1) is 27.0. The Labute approximate surface area is 348 Å². The third-order valence-corrected chi connectivity index (χ3v) is 12.0. The number of hydrogen-bond acceptors (Lipinski definition) is 5. The third kappa shape index (κ3) is 41.4. The van der Waals surface area contributed by atoms with Gasteiger partial charge in [0, 0.05) is 6.42 Å². The molecule has 0 heterocycles. The second kappa shape index (κ2) is 39.7. The topological polar surface area (TPSA) is 105 Å². The van der Waals surface area contributed by atoms with Gasteiger partial charge in [-0.1, -0.05) is 219 Å². The first kappa shape index (κ1) is 55.2. The van der Waals surface area contributed by atoms with Crippen molar-refractivity contribution in [2.45, 2.75) is 244 Å². The van der Waals surface area contributed by atoms with Crippen LogP contribution in [0.2, 0.25) is 0 Å². The van der Waals surface area contributed by atoms with E-state index in [0.717, 1.165) is 32.1 Å². The number of aliphatic hydroxyl groups is 1. The lowest BCUT2D eigenvalue weighted by molar-refractivity contribution is -0.870. The Morgan fingerprint density at radius 3 is 1.32 bits per heavy atom. The maximum absolute atomic E-state index is 12.9. The van der Waals surface area contributed by atoms with E-state index in [1.807, 2.05) is 27.2 Å². The Morgan fingerprint density at radius 2 is 0.946 bits per heavy atom. The van der Waals surface area contributed by atoms with Gasteiger partial charge in [-0.15, -0.1) is 0 Å². The minimum Gasteiger partial charge on any atom is -0.387 e. The molecule has 1 amide bonds. The molecule has 0 radical (unpaired) electrons. The van der Waals surface area contributed by atoms with E-state index in [9.17, 15) is 19.4 Å². The lowest BCUT2D eigenvalue weighted by atomic mass is 10.0. The summed E-state index contributed by atoms with van der Waals surface area (Å²) < 4.78 is 23.6. The summed E-state index contributed by atoms with van der Waals surface area (Å²) in [6.45, 7) is 4.84. The van der Waals surface area contributed by atoms with Crippen molar-refractivity contribution in [1.29, 1.82) is 0 Å². The molecular weight excluding hydrogens is 719 g/mol. The van der Waals surface area contributed by atoms with Gasteiger partial charge in [-0.3, -0.25) is 13.8 Å². The second-order valence-electron chi connectivity index (χ2n) is 17.8. The van der Waals surface area contributed by atoms with Crippen LogP contribution in [0.5, 0.6) is 0 Å². The lowest BCUT2D eigenvalue weighted by Crippen LogP contribution is -2.45. The molecule has 0 aliphatic carbocycles. The Hall–Kier alpha value is -0.760. The lowest BCUT2D eigenvalue weighted by Gasteiger charge is -2.25. The number of quaternary nitrogens is 1. The number of rotatable bonds is 44. The van der Waals surface area contributed by atoms with Crippen LogP contribution in [0.4, 0.5) is 0 Å². The molecule has 0 aromatic heterocycles. The molecule has 56 heavy (non-hydrogen) atoms. The summed E-state index contributed by atoms with van der Waals surface area (Å²) in [5.41, 5.74) is 0. The van der Waals surface area contributed by atoms with Gasteiger partial charge < -0.3 is 19.8 Å². The van der Waals surface area contributed by atoms with Gasteiger partial charge in [0.05, 0.1) is 39.9 Å². The van der Waals surface area contributed by atoms with Crippen molar-refractivity contribution >= 4 is 13.7 Å². The van der Waals surface area contributed by atoms with Crippen molar-refractivity contribution < 1.29 is 32.9 Å². The van der Waals surface area contributed by atoms with Crippen molar-refractivity contribution in [3.05, 3.63) is 12.2 Å². The fraction of sp³-hybridized carbons (Fsp3) is 0.936. The van der Waals surface area contributed by atoms with Crippen LogP contribution in [-0.4, -0.2) is 73.4 Å². The average molecular weight is 816 g/mol. The largest absolute Gasteiger partial charge is 0.472 e. The van der Waals surface area contributed by atoms with Crippen LogP contribution < -0.4 is 5.32 Å². The van der Waals surface area contributed by atoms with Crippen molar-refractivity contribution in [2.24, 2.45) is 0 Å². The van der Waals surface area contributed by atoms with Crippen LogP contribution in [0.15, 0.2) is 12.2 Å². The Balaban J connectivity index is 4.33. The highest BCUT2D eigenvalue weighted by atomic mass is 31.2. The number of nitrogens with zero attached hydrogens (tertiary/aromatic N) is 1. The van der Waals surface area contributed by atoms with Crippen LogP contribution in [0, 0.1) is 0 Å². The van der Waals surface area contributed by atoms with Crippen LogP contribution in [0.3, 0.4) is 0 Å². The molecule has 0 spiro atoms. The Bertz CT molecular complexity index is 927. The highest BCUT2D eigenvalue weighted by Crippen LogP contribution is 2.43. The van der Waals surface area contributed by atoms with Gasteiger partial charge in [0.15, 0.2) is 0 Å².